The number of aryl methyl sites for hydroxylation is 1. The van der Waals surface area contributed by atoms with Gasteiger partial charge in [0.15, 0.2) is 0 Å². The molecule has 2 fully saturated rings. The van der Waals surface area contributed by atoms with Crippen LogP contribution in [-0.4, -0.2) is 50.6 Å². The largest absolute Gasteiger partial charge is 0.325 e. The first-order valence-corrected chi connectivity index (χ1v) is 9.64. The molecule has 1 aliphatic heterocycles. The zero-order valence-electron chi connectivity index (χ0n) is 16.3. The fourth-order valence-electron chi connectivity index (χ4n) is 3.90. The number of hydrogen-bond acceptors (Lipinski definition) is 5. The van der Waals surface area contributed by atoms with Crippen molar-refractivity contribution in [1.82, 2.24) is 20.2 Å². The summed E-state index contributed by atoms with van der Waals surface area (Å²) in [5.74, 6) is -4.03. The highest BCUT2D eigenvalue weighted by atomic mass is 19.3. The molecule has 7 nitrogen and oxygen atoms in total. The number of ketones is 1. The number of imide groups is 1. The highest BCUT2D eigenvalue weighted by Crippen LogP contribution is 2.41. The molecule has 0 radical (unpaired) electrons. The lowest BCUT2D eigenvalue weighted by Crippen LogP contribution is -2.51. The standard InChI is InChI=1S/C21H20F2N4O3/c1-13-4-2-3-5-14(13)15-10-25-16(11-24-15)17(28)12-27-18(29)20(26-19(27)30)6-8-21(22,23)9-7-20/h2-5,10-11H,6-9,12H2,1H3,(H,26,30). The molecule has 1 aliphatic carbocycles. The molecule has 30 heavy (non-hydrogen) atoms. The molecule has 3 amide bonds. The van der Waals surface area contributed by atoms with Crippen LogP contribution in [0.2, 0.25) is 0 Å². The van der Waals surface area contributed by atoms with E-state index in [4.69, 9.17) is 0 Å². The zero-order valence-corrected chi connectivity index (χ0v) is 16.3. The Hall–Kier alpha value is -3.23. The third-order valence-corrected chi connectivity index (χ3v) is 5.74. The Labute approximate surface area is 171 Å². The maximum atomic E-state index is 13.5. The van der Waals surface area contributed by atoms with Crippen molar-refractivity contribution in [3.8, 4) is 11.3 Å². The van der Waals surface area contributed by atoms with Crippen molar-refractivity contribution >= 4 is 17.7 Å². The van der Waals surface area contributed by atoms with Gasteiger partial charge in [0.2, 0.25) is 11.7 Å². The number of benzene rings is 1. The van der Waals surface area contributed by atoms with E-state index in [1.54, 1.807) is 0 Å². The number of halogens is 2. The highest BCUT2D eigenvalue weighted by molar-refractivity contribution is 6.10. The molecule has 4 rings (SSSR count). The summed E-state index contributed by atoms with van der Waals surface area (Å²) in [4.78, 5) is 46.8. The first-order chi connectivity index (χ1) is 14.2. The number of alkyl halides is 2. The Morgan fingerprint density at radius 2 is 1.80 bits per heavy atom. The van der Waals surface area contributed by atoms with E-state index in [1.807, 2.05) is 31.2 Å². The van der Waals surface area contributed by atoms with Gasteiger partial charge in [-0.15, -0.1) is 0 Å². The van der Waals surface area contributed by atoms with Gasteiger partial charge in [-0.3, -0.25) is 19.5 Å². The molecule has 0 bridgehead atoms. The van der Waals surface area contributed by atoms with Crippen LogP contribution < -0.4 is 5.32 Å². The second-order valence-corrected chi connectivity index (χ2v) is 7.78. The van der Waals surface area contributed by atoms with Crippen LogP contribution in [-0.2, 0) is 4.79 Å². The second-order valence-electron chi connectivity index (χ2n) is 7.78. The summed E-state index contributed by atoms with van der Waals surface area (Å²) in [6.07, 6.45) is 1.51. The minimum absolute atomic E-state index is 0.0176. The molecule has 9 heteroatoms. The molecule has 0 atom stereocenters. The van der Waals surface area contributed by atoms with E-state index in [2.05, 4.69) is 15.3 Å². The third-order valence-electron chi connectivity index (χ3n) is 5.74. The average Bonchev–Trinajstić information content (AvgIpc) is 2.95. The first kappa shape index (κ1) is 20.1. The predicted octanol–water partition coefficient (Wildman–Crippen LogP) is 3.13. The van der Waals surface area contributed by atoms with Crippen molar-refractivity contribution in [3.05, 3.63) is 47.9 Å². The molecule has 1 aromatic carbocycles. The lowest BCUT2D eigenvalue weighted by Gasteiger charge is -2.34. The Morgan fingerprint density at radius 1 is 1.10 bits per heavy atom. The SMILES string of the molecule is Cc1ccccc1-c1cnc(C(=O)CN2C(=O)NC3(CCC(F)(F)CC3)C2=O)cn1. The van der Waals surface area contributed by atoms with Crippen molar-refractivity contribution in [2.75, 3.05) is 6.54 Å². The summed E-state index contributed by atoms with van der Waals surface area (Å²) < 4.78 is 26.9. The highest BCUT2D eigenvalue weighted by Gasteiger charge is 2.55. The fraction of sp³-hybridized carbons (Fsp3) is 0.381. The second kappa shape index (κ2) is 7.23. The van der Waals surface area contributed by atoms with Gasteiger partial charge in [0.1, 0.15) is 11.2 Å². The first-order valence-electron chi connectivity index (χ1n) is 9.64. The Bertz CT molecular complexity index is 1010. The minimum atomic E-state index is -2.84. The number of nitrogens with one attached hydrogen (secondary N) is 1. The van der Waals surface area contributed by atoms with E-state index in [1.165, 1.54) is 12.4 Å². The molecule has 1 spiro atoms. The van der Waals surface area contributed by atoms with Crippen LogP contribution >= 0.6 is 0 Å². The van der Waals surface area contributed by atoms with Gasteiger partial charge in [-0.2, -0.15) is 0 Å². The number of carbonyl (C=O) groups is 3. The number of aromatic nitrogens is 2. The van der Waals surface area contributed by atoms with Crippen molar-refractivity contribution in [1.29, 1.82) is 0 Å². The van der Waals surface area contributed by atoms with Crippen LogP contribution in [0.5, 0.6) is 0 Å². The summed E-state index contributed by atoms with van der Waals surface area (Å²) in [7, 11) is 0. The molecule has 2 heterocycles. The third kappa shape index (κ3) is 3.55. The molecule has 156 valence electrons. The molecule has 2 aliphatic rings. The molecule has 1 N–H and O–H groups in total. The van der Waals surface area contributed by atoms with Crippen molar-refractivity contribution in [3.63, 3.8) is 0 Å². The Morgan fingerprint density at radius 3 is 2.43 bits per heavy atom. The van der Waals surface area contributed by atoms with Gasteiger partial charge < -0.3 is 5.32 Å². The quantitative estimate of drug-likeness (QED) is 0.613. The Balaban J connectivity index is 1.47. The van der Waals surface area contributed by atoms with Crippen molar-refractivity contribution < 1.29 is 23.2 Å². The number of urea groups is 1. The van der Waals surface area contributed by atoms with E-state index in [0.717, 1.165) is 16.0 Å². The maximum Gasteiger partial charge on any atom is 0.325 e. The monoisotopic (exact) mass is 414 g/mol. The normalized spacial score (nSPS) is 19.8. The van der Waals surface area contributed by atoms with Gasteiger partial charge in [0.05, 0.1) is 24.6 Å². The van der Waals surface area contributed by atoms with Gasteiger partial charge in [0.25, 0.3) is 5.91 Å². The van der Waals surface area contributed by atoms with E-state index < -0.39 is 48.6 Å². The van der Waals surface area contributed by atoms with Gasteiger partial charge in [-0.25, -0.2) is 18.6 Å². The number of nitrogens with zero attached hydrogens (tertiary/aromatic N) is 3. The van der Waals surface area contributed by atoms with Gasteiger partial charge in [-0.05, 0) is 25.3 Å². The molecule has 0 unspecified atom stereocenters. The van der Waals surface area contributed by atoms with Crippen molar-refractivity contribution in [2.45, 2.75) is 44.1 Å². The minimum Gasteiger partial charge on any atom is -0.323 e. The van der Waals surface area contributed by atoms with Crippen molar-refractivity contribution in [2.24, 2.45) is 0 Å². The van der Waals surface area contributed by atoms with Crippen LogP contribution in [0.4, 0.5) is 13.6 Å². The lowest BCUT2D eigenvalue weighted by atomic mass is 9.80. The van der Waals surface area contributed by atoms with Crippen LogP contribution in [0.3, 0.4) is 0 Å². The van der Waals surface area contributed by atoms with Crippen LogP contribution in [0.25, 0.3) is 11.3 Å². The smallest absolute Gasteiger partial charge is 0.323 e. The summed E-state index contributed by atoms with van der Waals surface area (Å²) >= 11 is 0. The van der Waals surface area contributed by atoms with E-state index in [0.29, 0.717) is 5.69 Å². The maximum absolute atomic E-state index is 13.5. The van der Waals surface area contributed by atoms with E-state index in [-0.39, 0.29) is 18.5 Å². The van der Waals surface area contributed by atoms with Gasteiger partial charge >= 0.3 is 6.03 Å². The predicted molar refractivity (Wildman–Crippen MR) is 103 cm³/mol. The number of hydrogen-bond donors (Lipinski definition) is 1. The van der Waals surface area contributed by atoms with Crippen LogP contribution in [0, 0.1) is 6.92 Å². The lowest BCUT2D eigenvalue weighted by molar-refractivity contribution is -0.135. The number of Topliss-reactive ketones (excluding diaryl/α,β-unsaturated/α-hetero) is 1. The molecule has 2 aromatic rings. The topological polar surface area (TPSA) is 92.3 Å². The molecule has 1 aromatic heterocycles. The summed E-state index contributed by atoms with van der Waals surface area (Å²) in [5, 5.41) is 2.52. The summed E-state index contributed by atoms with van der Waals surface area (Å²) in [5.41, 5.74) is 1.16. The fourth-order valence-corrected chi connectivity index (χ4v) is 3.90. The van der Waals surface area contributed by atoms with E-state index in [9.17, 15) is 23.2 Å². The van der Waals surface area contributed by atoms with Crippen LogP contribution in [0.1, 0.15) is 41.7 Å². The zero-order chi connectivity index (χ0) is 21.5. The number of rotatable bonds is 4. The number of carbonyl (C=O) groups excluding carboxylic acids is 3. The molecule has 1 saturated carbocycles. The summed E-state index contributed by atoms with van der Waals surface area (Å²) in [6.45, 7) is 1.42. The average molecular weight is 414 g/mol. The number of amides is 3. The molecular formula is C21H20F2N4O3. The van der Waals surface area contributed by atoms with E-state index >= 15 is 0 Å². The van der Waals surface area contributed by atoms with Crippen LogP contribution in [0.15, 0.2) is 36.7 Å². The van der Waals surface area contributed by atoms with Gasteiger partial charge in [0, 0.05) is 18.4 Å². The molecular weight excluding hydrogens is 394 g/mol. The van der Waals surface area contributed by atoms with Gasteiger partial charge in [-0.1, -0.05) is 24.3 Å². The summed E-state index contributed by atoms with van der Waals surface area (Å²) in [6, 6.07) is 6.86. The Kier molecular flexibility index (Phi) is 4.83. The molecule has 1 saturated heterocycles.